The zero-order chi connectivity index (χ0) is 8.10. The van der Waals surface area contributed by atoms with E-state index in [2.05, 4.69) is 15.9 Å². The van der Waals surface area contributed by atoms with Gasteiger partial charge in [-0.15, -0.1) is 0 Å². The second-order valence-corrected chi connectivity index (χ2v) is 3.11. The minimum atomic E-state index is 0.593. The molecule has 0 aromatic heterocycles. The Labute approximate surface area is 75.0 Å². The molecule has 0 atom stereocenters. The van der Waals surface area contributed by atoms with Gasteiger partial charge < -0.3 is 5.73 Å². The molecule has 0 amide bonds. The molecule has 0 heterocycles. The molecule has 1 aromatic carbocycles. The molecule has 2 heteroatoms. The first-order chi connectivity index (χ1) is 5.33. The smallest absolute Gasteiger partial charge is 0.0175 e. The molecule has 0 bridgehead atoms. The van der Waals surface area contributed by atoms with Gasteiger partial charge in [0, 0.05) is 11.0 Å². The van der Waals surface area contributed by atoms with E-state index >= 15 is 0 Å². The summed E-state index contributed by atoms with van der Waals surface area (Å²) in [5, 5.41) is 0. The Morgan fingerprint density at radius 1 is 1.27 bits per heavy atom. The van der Waals surface area contributed by atoms with Crippen LogP contribution in [-0.2, 0) is 0 Å². The number of benzene rings is 1. The average molecular weight is 212 g/mol. The van der Waals surface area contributed by atoms with Crippen molar-refractivity contribution in [3.63, 3.8) is 0 Å². The maximum absolute atomic E-state index is 5.31. The fraction of sp³-hybridized carbons (Fsp3) is 0.111. The predicted molar refractivity (Wildman–Crippen MR) is 52.2 cm³/mol. The minimum absolute atomic E-state index is 0.593. The van der Waals surface area contributed by atoms with Crippen molar-refractivity contribution in [1.29, 1.82) is 0 Å². The van der Waals surface area contributed by atoms with Crippen molar-refractivity contribution in [2.24, 2.45) is 5.73 Å². The van der Waals surface area contributed by atoms with Crippen LogP contribution in [0.15, 0.2) is 34.8 Å². The molecule has 0 radical (unpaired) electrons. The van der Waals surface area contributed by atoms with Crippen LogP contribution in [0.5, 0.6) is 0 Å². The SMILES string of the molecule is NC/C=C/c1ccc(Br)cc1. The molecule has 0 aliphatic heterocycles. The molecule has 1 aromatic rings. The summed E-state index contributed by atoms with van der Waals surface area (Å²) in [5.41, 5.74) is 6.49. The molecule has 11 heavy (non-hydrogen) atoms. The summed E-state index contributed by atoms with van der Waals surface area (Å²) < 4.78 is 1.10. The highest BCUT2D eigenvalue weighted by molar-refractivity contribution is 9.10. The van der Waals surface area contributed by atoms with Crippen LogP contribution in [0.25, 0.3) is 6.08 Å². The van der Waals surface area contributed by atoms with E-state index in [1.54, 1.807) is 0 Å². The Morgan fingerprint density at radius 3 is 2.45 bits per heavy atom. The second-order valence-electron chi connectivity index (χ2n) is 2.19. The molecule has 0 saturated carbocycles. The summed E-state index contributed by atoms with van der Waals surface area (Å²) in [7, 11) is 0. The molecule has 0 unspecified atom stereocenters. The summed E-state index contributed by atoms with van der Waals surface area (Å²) in [5.74, 6) is 0. The van der Waals surface area contributed by atoms with Crippen LogP contribution in [0.2, 0.25) is 0 Å². The Balaban J connectivity index is 2.73. The number of nitrogens with two attached hydrogens (primary N) is 1. The van der Waals surface area contributed by atoms with E-state index in [1.807, 2.05) is 36.4 Å². The topological polar surface area (TPSA) is 26.0 Å². The molecule has 0 aliphatic carbocycles. The fourth-order valence-corrected chi connectivity index (χ4v) is 1.04. The number of hydrogen-bond donors (Lipinski definition) is 1. The van der Waals surface area contributed by atoms with E-state index < -0.39 is 0 Å². The van der Waals surface area contributed by atoms with Crippen molar-refractivity contribution >= 4 is 22.0 Å². The first kappa shape index (κ1) is 8.50. The first-order valence-corrected chi connectivity index (χ1v) is 4.24. The lowest BCUT2D eigenvalue weighted by Crippen LogP contribution is -1.91. The van der Waals surface area contributed by atoms with E-state index in [1.165, 1.54) is 5.56 Å². The highest BCUT2D eigenvalue weighted by Crippen LogP contribution is 2.11. The lowest BCUT2D eigenvalue weighted by atomic mass is 10.2. The number of hydrogen-bond acceptors (Lipinski definition) is 1. The summed E-state index contributed by atoms with van der Waals surface area (Å²) in [6, 6.07) is 8.10. The molecule has 0 fully saturated rings. The lowest BCUT2D eigenvalue weighted by molar-refractivity contribution is 1.26. The van der Waals surface area contributed by atoms with Gasteiger partial charge in [0.1, 0.15) is 0 Å². The van der Waals surface area contributed by atoms with Gasteiger partial charge in [0.2, 0.25) is 0 Å². The molecule has 2 N–H and O–H groups in total. The Hall–Kier alpha value is -0.600. The number of halogens is 1. The molecule has 1 rings (SSSR count). The van der Waals surface area contributed by atoms with Crippen LogP contribution in [0.1, 0.15) is 5.56 Å². The van der Waals surface area contributed by atoms with Gasteiger partial charge in [0.05, 0.1) is 0 Å². The standard InChI is InChI=1S/C9H10BrN/c10-9-5-3-8(4-6-9)2-1-7-11/h1-6H,7,11H2/b2-1+. The largest absolute Gasteiger partial charge is 0.327 e. The maximum Gasteiger partial charge on any atom is 0.0175 e. The average Bonchev–Trinajstić information content (AvgIpc) is 2.04. The van der Waals surface area contributed by atoms with Crippen molar-refractivity contribution in [3.8, 4) is 0 Å². The van der Waals surface area contributed by atoms with Crippen molar-refractivity contribution in [2.45, 2.75) is 0 Å². The normalized spacial score (nSPS) is 10.7. The highest BCUT2D eigenvalue weighted by atomic mass is 79.9. The van der Waals surface area contributed by atoms with Gasteiger partial charge in [-0.3, -0.25) is 0 Å². The number of rotatable bonds is 2. The van der Waals surface area contributed by atoms with Crippen LogP contribution in [0.3, 0.4) is 0 Å². The zero-order valence-corrected chi connectivity index (χ0v) is 7.71. The Morgan fingerprint density at radius 2 is 1.91 bits per heavy atom. The quantitative estimate of drug-likeness (QED) is 0.800. The summed E-state index contributed by atoms with van der Waals surface area (Å²) in [6.45, 7) is 0.593. The van der Waals surface area contributed by atoms with Gasteiger partial charge in [-0.25, -0.2) is 0 Å². The molecule has 58 valence electrons. The van der Waals surface area contributed by atoms with Crippen LogP contribution in [0.4, 0.5) is 0 Å². The first-order valence-electron chi connectivity index (χ1n) is 3.45. The predicted octanol–water partition coefficient (Wildman–Crippen LogP) is 2.42. The second kappa shape index (κ2) is 4.31. The van der Waals surface area contributed by atoms with E-state index in [9.17, 15) is 0 Å². The zero-order valence-electron chi connectivity index (χ0n) is 6.13. The van der Waals surface area contributed by atoms with Gasteiger partial charge in [0.15, 0.2) is 0 Å². The van der Waals surface area contributed by atoms with Crippen molar-refractivity contribution in [3.05, 3.63) is 40.4 Å². The molecule has 0 spiro atoms. The molecular formula is C9H10BrN. The lowest BCUT2D eigenvalue weighted by Gasteiger charge is -1.92. The highest BCUT2D eigenvalue weighted by Gasteiger charge is 1.85. The minimum Gasteiger partial charge on any atom is -0.327 e. The molecule has 1 nitrogen and oxygen atoms in total. The Kier molecular flexibility index (Phi) is 3.33. The molecule has 0 saturated heterocycles. The van der Waals surface area contributed by atoms with E-state index in [0.717, 1.165) is 4.47 Å². The van der Waals surface area contributed by atoms with Crippen LogP contribution < -0.4 is 5.73 Å². The maximum atomic E-state index is 5.31. The van der Waals surface area contributed by atoms with E-state index in [4.69, 9.17) is 5.73 Å². The van der Waals surface area contributed by atoms with Gasteiger partial charge in [-0.1, -0.05) is 40.2 Å². The van der Waals surface area contributed by atoms with Gasteiger partial charge in [-0.05, 0) is 17.7 Å². The monoisotopic (exact) mass is 211 g/mol. The fourth-order valence-electron chi connectivity index (χ4n) is 0.778. The van der Waals surface area contributed by atoms with E-state index in [-0.39, 0.29) is 0 Å². The van der Waals surface area contributed by atoms with E-state index in [0.29, 0.717) is 6.54 Å². The summed E-state index contributed by atoms with van der Waals surface area (Å²) in [4.78, 5) is 0. The van der Waals surface area contributed by atoms with Crippen molar-refractivity contribution in [1.82, 2.24) is 0 Å². The van der Waals surface area contributed by atoms with Crippen LogP contribution in [-0.4, -0.2) is 6.54 Å². The van der Waals surface area contributed by atoms with Crippen molar-refractivity contribution < 1.29 is 0 Å². The van der Waals surface area contributed by atoms with Crippen LogP contribution in [0, 0.1) is 0 Å². The molecular weight excluding hydrogens is 202 g/mol. The Bertz CT molecular complexity index is 238. The summed E-state index contributed by atoms with van der Waals surface area (Å²) in [6.07, 6.45) is 3.94. The third-order valence-electron chi connectivity index (χ3n) is 1.32. The summed E-state index contributed by atoms with van der Waals surface area (Å²) >= 11 is 3.36. The van der Waals surface area contributed by atoms with Crippen molar-refractivity contribution in [2.75, 3.05) is 6.54 Å². The molecule has 0 aliphatic rings. The van der Waals surface area contributed by atoms with Gasteiger partial charge >= 0.3 is 0 Å². The van der Waals surface area contributed by atoms with Crippen LogP contribution >= 0.6 is 15.9 Å². The third kappa shape index (κ3) is 2.87. The van der Waals surface area contributed by atoms with Gasteiger partial charge in [-0.2, -0.15) is 0 Å². The third-order valence-corrected chi connectivity index (χ3v) is 1.85. The van der Waals surface area contributed by atoms with Gasteiger partial charge in [0.25, 0.3) is 0 Å².